The van der Waals surface area contributed by atoms with E-state index in [1.807, 2.05) is 0 Å². The summed E-state index contributed by atoms with van der Waals surface area (Å²) in [5, 5.41) is 8.51. The van der Waals surface area contributed by atoms with Gasteiger partial charge in [0.2, 0.25) is 0 Å². The van der Waals surface area contributed by atoms with Crippen molar-refractivity contribution in [2.24, 2.45) is 0 Å². The highest BCUT2D eigenvalue weighted by molar-refractivity contribution is 7.99. The molecule has 2 heterocycles. The second kappa shape index (κ2) is 16.9. The van der Waals surface area contributed by atoms with Gasteiger partial charge in [-0.25, -0.2) is 0 Å². The summed E-state index contributed by atoms with van der Waals surface area (Å²) in [5.41, 5.74) is 9.88. The predicted molar refractivity (Wildman–Crippen MR) is 287 cm³/mol. The van der Waals surface area contributed by atoms with Crippen LogP contribution in [0.15, 0.2) is 271 Å². The van der Waals surface area contributed by atoms with E-state index in [-0.39, 0.29) is 0 Å². The molecular weight excluding hydrogens is 869 g/mol. The Kier molecular flexibility index (Phi) is 9.99. The van der Waals surface area contributed by atoms with Gasteiger partial charge in [-0.3, -0.25) is 0 Å². The number of anilines is 6. The summed E-state index contributed by atoms with van der Waals surface area (Å²) in [6.45, 7) is 0. The first kappa shape index (κ1) is 40.1. The van der Waals surface area contributed by atoms with Gasteiger partial charge in [-0.2, -0.15) is 0 Å². The van der Waals surface area contributed by atoms with Crippen molar-refractivity contribution in [3.05, 3.63) is 243 Å². The van der Waals surface area contributed by atoms with Crippen molar-refractivity contribution in [3.8, 4) is 0 Å². The number of hydrogen-bond donors (Lipinski definition) is 0. The Morgan fingerprint density at radius 3 is 1.13 bits per heavy atom. The number of nitrogens with zero attached hydrogens (tertiary/aromatic N) is 2. The highest BCUT2D eigenvalue weighted by Crippen LogP contribution is 2.46. The Labute approximate surface area is 401 Å². The number of furan rings is 2. The average Bonchev–Trinajstić information content (AvgIpc) is 3.98. The molecule has 6 heteroatoms. The van der Waals surface area contributed by atoms with Crippen LogP contribution in [0, 0.1) is 0 Å². The van der Waals surface area contributed by atoms with Gasteiger partial charge in [0.05, 0.1) is 5.39 Å². The number of fused-ring (bicyclic) bond motifs is 11. The third kappa shape index (κ3) is 7.22. The summed E-state index contributed by atoms with van der Waals surface area (Å²) in [6, 6.07) is 86.2. The number of benzene rings is 11. The van der Waals surface area contributed by atoms with Gasteiger partial charge < -0.3 is 18.6 Å². The second-order valence-electron chi connectivity index (χ2n) is 16.9. The van der Waals surface area contributed by atoms with Crippen LogP contribution in [0.2, 0.25) is 0 Å². The molecule has 0 aliphatic carbocycles. The molecule has 0 spiro atoms. The first-order valence-electron chi connectivity index (χ1n) is 22.7. The molecule has 0 aliphatic heterocycles. The lowest BCUT2D eigenvalue weighted by molar-refractivity contribution is 0.666. The van der Waals surface area contributed by atoms with E-state index in [0.29, 0.717) is 0 Å². The Balaban J connectivity index is 0.867. The van der Waals surface area contributed by atoms with Crippen LogP contribution in [0.3, 0.4) is 0 Å². The molecule has 0 atom stereocenters. The highest BCUT2D eigenvalue weighted by atomic mass is 32.2. The summed E-state index contributed by atoms with van der Waals surface area (Å²) in [6.07, 6.45) is 0. The van der Waals surface area contributed by atoms with Crippen molar-refractivity contribution in [2.45, 2.75) is 19.6 Å². The molecule has 0 aliphatic rings. The van der Waals surface area contributed by atoms with E-state index in [9.17, 15) is 0 Å². The maximum Gasteiger partial charge on any atom is 0.147 e. The zero-order valence-electron chi connectivity index (χ0n) is 36.6. The highest BCUT2D eigenvalue weighted by Gasteiger charge is 2.21. The van der Waals surface area contributed by atoms with E-state index in [1.165, 1.54) is 19.6 Å². The van der Waals surface area contributed by atoms with E-state index < -0.39 is 0 Å². The Morgan fingerprint density at radius 2 is 0.632 bits per heavy atom. The maximum atomic E-state index is 7.00. The molecule has 68 heavy (non-hydrogen) atoms. The SMILES string of the molecule is c1ccc(Sc2ccc(N(c3ccccc3)c3ccc4c(ccc5c6ccc7oc8c9ccc(N(c%10ccccc%10)c%10ccc(Sc%11ccccc%11)cc%10)cc9ccc8c7c6oc45)c3)cc2)cc1. The molecule has 11 aromatic carbocycles. The molecule has 0 amide bonds. The van der Waals surface area contributed by atoms with Gasteiger partial charge >= 0.3 is 0 Å². The van der Waals surface area contributed by atoms with Crippen molar-refractivity contribution in [2.75, 3.05) is 9.80 Å². The first-order chi connectivity index (χ1) is 33.7. The lowest BCUT2D eigenvalue weighted by Gasteiger charge is -2.26. The van der Waals surface area contributed by atoms with E-state index >= 15 is 0 Å². The van der Waals surface area contributed by atoms with Crippen molar-refractivity contribution in [3.63, 3.8) is 0 Å². The summed E-state index contributed by atoms with van der Waals surface area (Å²) in [4.78, 5) is 9.46. The van der Waals surface area contributed by atoms with Gasteiger partial charge in [0.25, 0.3) is 0 Å². The zero-order valence-corrected chi connectivity index (χ0v) is 38.3. The predicted octanol–water partition coefficient (Wildman–Crippen LogP) is 19.0. The van der Waals surface area contributed by atoms with Gasteiger partial charge in [-0.1, -0.05) is 108 Å². The molecule has 0 saturated carbocycles. The van der Waals surface area contributed by atoms with Gasteiger partial charge in [-0.15, -0.1) is 0 Å². The zero-order chi connectivity index (χ0) is 45.0. The first-order valence-corrected chi connectivity index (χ1v) is 24.4. The molecule has 0 unspecified atom stereocenters. The largest absolute Gasteiger partial charge is 0.455 e. The van der Waals surface area contributed by atoms with Crippen LogP contribution >= 0.6 is 23.5 Å². The standard InChI is InChI=1S/C62H40N2O2S2/c1-5-13-43(14-6-1)63(45-23-29-51(30-24-45)67-49-17-9-3-10-18-49)47-27-35-53-41(39-47)21-33-55-56-37-38-58-59(62(56)66-60(53)55)57-34-22-42-40-48(28-36-54(42)61(57)65-58)64(44-15-7-2-8-16-44)46-25-31-52(32-26-46)68-50-19-11-4-12-20-50/h1-40H. The summed E-state index contributed by atoms with van der Waals surface area (Å²) in [7, 11) is 0. The van der Waals surface area contributed by atoms with Crippen molar-refractivity contribution < 1.29 is 8.83 Å². The third-order valence-electron chi connectivity index (χ3n) is 12.7. The molecule has 0 radical (unpaired) electrons. The average molecular weight is 909 g/mol. The van der Waals surface area contributed by atoms with Crippen molar-refractivity contribution >= 4 is 123 Å². The topological polar surface area (TPSA) is 32.8 Å². The van der Waals surface area contributed by atoms with Crippen LogP contribution in [0.1, 0.15) is 0 Å². The molecule has 0 fully saturated rings. The molecule has 13 aromatic rings. The maximum absolute atomic E-state index is 7.00. The molecule has 4 nitrogen and oxygen atoms in total. The number of rotatable bonds is 10. The fourth-order valence-electron chi connectivity index (χ4n) is 9.54. The van der Waals surface area contributed by atoms with E-state index in [1.54, 1.807) is 23.5 Å². The van der Waals surface area contributed by atoms with Crippen LogP contribution in [0.25, 0.3) is 65.4 Å². The Morgan fingerprint density at radius 1 is 0.265 bits per heavy atom. The quantitative estimate of drug-likeness (QED) is 0.136. The van der Waals surface area contributed by atoms with E-state index in [2.05, 4.69) is 252 Å². The van der Waals surface area contributed by atoms with Gasteiger partial charge in [0.1, 0.15) is 22.3 Å². The lowest BCUT2D eigenvalue weighted by atomic mass is 10.0. The molecular formula is C62H40N2O2S2. The molecule has 0 bridgehead atoms. The van der Waals surface area contributed by atoms with E-state index in [4.69, 9.17) is 8.83 Å². The Hall–Kier alpha value is -8.16. The van der Waals surface area contributed by atoms with Crippen LogP contribution in [0.4, 0.5) is 34.1 Å². The fraction of sp³-hybridized carbons (Fsp3) is 0. The van der Waals surface area contributed by atoms with Crippen LogP contribution in [-0.2, 0) is 0 Å². The molecule has 322 valence electrons. The van der Waals surface area contributed by atoms with Crippen molar-refractivity contribution in [1.82, 2.24) is 0 Å². The monoisotopic (exact) mass is 908 g/mol. The van der Waals surface area contributed by atoms with Gasteiger partial charge in [-0.05, 0) is 168 Å². The minimum Gasteiger partial charge on any atom is -0.455 e. The third-order valence-corrected chi connectivity index (χ3v) is 14.7. The second-order valence-corrected chi connectivity index (χ2v) is 19.2. The number of hydrogen-bond acceptors (Lipinski definition) is 6. The van der Waals surface area contributed by atoms with Gasteiger partial charge in [0, 0.05) is 80.6 Å². The molecule has 2 aromatic heterocycles. The van der Waals surface area contributed by atoms with Gasteiger partial charge in [0.15, 0.2) is 0 Å². The molecule has 0 N–H and O–H groups in total. The van der Waals surface area contributed by atoms with Crippen LogP contribution in [0.5, 0.6) is 0 Å². The smallest absolute Gasteiger partial charge is 0.147 e. The lowest BCUT2D eigenvalue weighted by Crippen LogP contribution is -2.09. The number of para-hydroxylation sites is 2. The minimum absolute atomic E-state index is 0.806. The summed E-state index contributed by atoms with van der Waals surface area (Å²) in [5.74, 6) is 0. The van der Waals surface area contributed by atoms with Crippen molar-refractivity contribution in [1.29, 1.82) is 0 Å². The molecule has 0 saturated heterocycles. The summed E-state index contributed by atoms with van der Waals surface area (Å²) < 4.78 is 13.8. The Bertz CT molecular complexity index is 3950. The fourth-order valence-corrected chi connectivity index (χ4v) is 11.2. The normalized spacial score (nSPS) is 11.6. The van der Waals surface area contributed by atoms with Crippen LogP contribution < -0.4 is 9.80 Å². The molecule has 13 rings (SSSR count). The van der Waals surface area contributed by atoms with Crippen LogP contribution in [-0.4, -0.2) is 0 Å². The summed E-state index contributed by atoms with van der Waals surface area (Å²) >= 11 is 3.54. The minimum atomic E-state index is 0.806. The van der Waals surface area contributed by atoms with E-state index in [0.717, 1.165) is 99.5 Å².